The molecule has 128 valence electrons. The number of rotatable bonds is 7. The maximum absolute atomic E-state index is 10.7. The summed E-state index contributed by atoms with van der Waals surface area (Å²) in [5, 5.41) is 15.3. The number of aromatic hydroxyl groups is 1. The van der Waals surface area contributed by atoms with Crippen molar-refractivity contribution in [3.05, 3.63) is 54.4 Å². The lowest BCUT2D eigenvalue weighted by atomic mass is 10.3. The molecule has 2 N–H and O–H groups in total. The SMILES string of the molecule is CN(/N=C/c1ccc[n+](CCCS(=O)(=O)O)c1)c1ccc(O)cc1. The van der Waals surface area contributed by atoms with Gasteiger partial charge in [-0.05, 0) is 30.3 Å². The molecule has 2 aromatic rings. The average molecular weight is 350 g/mol. The van der Waals surface area contributed by atoms with Gasteiger partial charge in [0.15, 0.2) is 12.4 Å². The van der Waals surface area contributed by atoms with Crippen LogP contribution in [0.5, 0.6) is 5.75 Å². The molecular formula is C16H20N3O4S+. The van der Waals surface area contributed by atoms with Gasteiger partial charge in [0.2, 0.25) is 0 Å². The predicted octanol–water partition coefficient (Wildman–Crippen LogP) is 1.43. The van der Waals surface area contributed by atoms with Gasteiger partial charge in [0.25, 0.3) is 10.1 Å². The zero-order valence-electron chi connectivity index (χ0n) is 13.3. The molecule has 24 heavy (non-hydrogen) atoms. The quantitative estimate of drug-likeness (QED) is 0.341. The molecule has 0 fully saturated rings. The second-order valence-electron chi connectivity index (χ2n) is 5.30. The first-order valence-electron chi connectivity index (χ1n) is 7.34. The molecule has 0 aliphatic heterocycles. The topological polar surface area (TPSA) is 94.1 Å². The van der Waals surface area contributed by atoms with Gasteiger partial charge in [-0.3, -0.25) is 9.56 Å². The van der Waals surface area contributed by atoms with Crippen LogP contribution >= 0.6 is 0 Å². The van der Waals surface area contributed by atoms with Crippen molar-refractivity contribution in [3.8, 4) is 5.75 Å². The van der Waals surface area contributed by atoms with Crippen LogP contribution in [0.1, 0.15) is 12.0 Å². The number of benzene rings is 1. The zero-order chi connectivity index (χ0) is 17.6. The molecule has 1 aromatic heterocycles. The molecule has 0 aliphatic rings. The molecular weight excluding hydrogens is 330 g/mol. The van der Waals surface area contributed by atoms with E-state index in [0.29, 0.717) is 13.0 Å². The number of phenolic OH excluding ortho intramolecular Hbond substituents is 1. The molecule has 0 amide bonds. The number of nitrogens with zero attached hydrogens (tertiary/aromatic N) is 3. The number of hydrogen-bond acceptors (Lipinski definition) is 5. The fourth-order valence-corrected chi connectivity index (χ4v) is 2.57. The van der Waals surface area contributed by atoms with Crippen LogP contribution in [0.4, 0.5) is 5.69 Å². The lowest BCUT2D eigenvalue weighted by Gasteiger charge is -2.12. The number of anilines is 1. The van der Waals surface area contributed by atoms with Crippen LogP contribution in [0.25, 0.3) is 0 Å². The molecule has 0 spiro atoms. The molecule has 1 aromatic carbocycles. The highest BCUT2D eigenvalue weighted by molar-refractivity contribution is 7.85. The van der Waals surface area contributed by atoms with Crippen LogP contribution in [0.2, 0.25) is 0 Å². The number of aryl methyl sites for hydroxylation is 1. The molecule has 0 atom stereocenters. The normalized spacial score (nSPS) is 11.8. The number of hydrogen-bond donors (Lipinski definition) is 2. The lowest BCUT2D eigenvalue weighted by molar-refractivity contribution is -0.696. The van der Waals surface area contributed by atoms with E-state index in [1.54, 1.807) is 42.5 Å². The Morgan fingerprint density at radius 2 is 1.96 bits per heavy atom. The van der Waals surface area contributed by atoms with Crippen LogP contribution in [0, 0.1) is 0 Å². The van der Waals surface area contributed by atoms with Crippen molar-refractivity contribution in [1.82, 2.24) is 0 Å². The van der Waals surface area contributed by atoms with Gasteiger partial charge in [0, 0.05) is 19.5 Å². The fraction of sp³-hybridized carbons (Fsp3) is 0.250. The van der Waals surface area contributed by atoms with E-state index < -0.39 is 10.1 Å². The molecule has 8 heteroatoms. The maximum Gasteiger partial charge on any atom is 0.265 e. The summed E-state index contributed by atoms with van der Waals surface area (Å²) in [5.41, 5.74) is 1.69. The highest BCUT2D eigenvalue weighted by Crippen LogP contribution is 2.17. The van der Waals surface area contributed by atoms with E-state index in [9.17, 15) is 13.5 Å². The minimum Gasteiger partial charge on any atom is -0.508 e. The Labute approximate surface area is 141 Å². The van der Waals surface area contributed by atoms with Crippen molar-refractivity contribution in [3.63, 3.8) is 0 Å². The average Bonchev–Trinajstić information content (AvgIpc) is 2.52. The molecule has 0 saturated heterocycles. The third-order valence-corrected chi connectivity index (χ3v) is 4.11. The van der Waals surface area contributed by atoms with E-state index in [-0.39, 0.29) is 11.5 Å². The summed E-state index contributed by atoms with van der Waals surface area (Å²) < 4.78 is 32.0. The van der Waals surface area contributed by atoms with Gasteiger partial charge in [-0.15, -0.1) is 0 Å². The summed E-state index contributed by atoms with van der Waals surface area (Å²) in [6.07, 6.45) is 5.69. The van der Waals surface area contributed by atoms with Crippen molar-refractivity contribution < 1.29 is 22.6 Å². The van der Waals surface area contributed by atoms with Crippen LogP contribution in [-0.4, -0.2) is 37.1 Å². The van der Waals surface area contributed by atoms with E-state index in [1.807, 2.05) is 29.1 Å². The van der Waals surface area contributed by atoms with Crippen molar-refractivity contribution in [2.45, 2.75) is 13.0 Å². The first-order chi connectivity index (χ1) is 11.3. The summed E-state index contributed by atoms with van der Waals surface area (Å²) >= 11 is 0. The molecule has 0 radical (unpaired) electrons. The first-order valence-corrected chi connectivity index (χ1v) is 8.95. The maximum atomic E-state index is 10.7. The van der Waals surface area contributed by atoms with Crippen molar-refractivity contribution in [2.75, 3.05) is 17.8 Å². The number of aromatic nitrogens is 1. The van der Waals surface area contributed by atoms with Crippen LogP contribution in [0.3, 0.4) is 0 Å². The Morgan fingerprint density at radius 3 is 2.62 bits per heavy atom. The highest BCUT2D eigenvalue weighted by atomic mass is 32.2. The number of pyridine rings is 1. The third-order valence-electron chi connectivity index (χ3n) is 3.30. The Kier molecular flexibility index (Phi) is 5.88. The van der Waals surface area contributed by atoms with E-state index in [2.05, 4.69) is 5.10 Å². The number of hydrazone groups is 1. The monoisotopic (exact) mass is 350 g/mol. The Balaban J connectivity index is 1.99. The van der Waals surface area contributed by atoms with Crippen LogP contribution in [0.15, 0.2) is 53.9 Å². The van der Waals surface area contributed by atoms with Crippen molar-refractivity contribution in [1.29, 1.82) is 0 Å². The highest BCUT2D eigenvalue weighted by Gasteiger charge is 2.08. The third kappa shape index (κ3) is 5.98. The molecule has 0 bridgehead atoms. The molecule has 0 aliphatic carbocycles. The standard InChI is InChI=1S/C16H19N3O4S/c1-18(15-5-7-16(20)8-6-15)17-12-14-4-2-9-19(13-14)10-3-11-24(21,22)23/h2,4-9,12-13H,3,10-11H2,1H3,(H-,20,21,22,23)/p+1/b17-12+. The minimum atomic E-state index is -3.92. The lowest BCUT2D eigenvalue weighted by Crippen LogP contribution is -2.34. The first kappa shape index (κ1) is 17.9. The molecule has 0 unspecified atom stereocenters. The van der Waals surface area contributed by atoms with E-state index in [0.717, 1.165) is 11.3 Å². The summed E-state index contributed by atoms with van der Waals surface area (Å²) in [6.45, 7) is 0.481. The van der Waals surface area contributed by atoms with Crippen molar-refractivity contribution >= 4 is 22.0 Å². The van der Waals surface area contributed by atoms with Gasteiger partial charge >= 0.3 is 0 Å². The smallest absolute Gasteiger partial charge is 0.265 e. The van der Waals surface area contributed by atoms with Gasteiger partial charge in [-0.25, -0.2) is 4.57 Å². The molecule has 7 nitrogen and oxygen atoms in total. The van der Waals surface area contributed by atoms with Gasteiger partial charge in [-0.2, -0.15) is 13.5 Å². The second-order valence-corrected chi connectivity index (χ2v) is 6.87. The molecule has 1 heterocycles. The minimum absolute atomic E-state index is 0.199. The van der Waals surface area contributed by atoms with Crippen molar-refractivity contribution in [2.24, 2.45) is 5.10 Å². The summed E-state index contributed by atoms with van der Waals surface area (Å²) in [7, 11) is -2.13. The largest absolute Gasteiger partial charge is 0.508 e. The predicted molar refractivity (Wildman–Crippen MR) is 91.8 cm³/mol. The van der Waals surface area contributed by atoms with E-state index in [1.165, 1.54) is 0 Å². The molecule has 2 rings (SSSR count). The van der Waals surface area contributed by atoms with Crippen LogP contribution in [-0.2, 0) is 16.7 Å². The van der Waals surface area contributed by atoms with E-state index >= 15 is 0 Å². The Morgan fingerprint density at radius 1 is 1.25 bits per heavy atom. The van der Waals surface area contributed by atoms with Gasteiger partial charge in [-0.1, -0.05) is 0 Å². The zero-order valence-corrected chi connectivity index (χ0v) is 14.1. The molecule has 0 saturated carbocycles. The van der Waals surface area contributed by atoms with Crippen LogP contribution < -0.4 is 9.58 Å². The second kappa shape index (κ2) is 7.89. The summed E-state index contributed by atoms with van der Waals surface area (Å²) in [5.74, 6) is -0.0628. The Bertz CT molecular complexity index is 804. The van der Waals surface area contributed by atoms with Gasteiger partial charge in [0.1, 0.15) is 12.3 Å². The fourth-order valence-electron chi connectivity index (χ4n) is 2.08. The Hall–Kier alpha value is -2.45. The summed E-state index contributed by atoms with van der Waals surface area (Å²) in [4.78, 5) is 0. The number of phenols is 1. The van der Waals surface area contributed by atoms with Gasteiger partial charge < -0.3 is 5.11 Å². The van der Waals surface area contributed by atoms with Gasteiger partial charge in [0.05, 0.1) is 23.2 Å². The van der Waals surface area contributed by atoms with E-state index in [4.69, 9.17) is 4.55 Å². The summed E-state index contributed by atoms with van der Waals surface area (Å²) in [6, 6.07) is 10.4.